The molecule has 5 heteroatoms. The van der Waals surface area contributed by atoms with Crippen LogP contribution in [0.1, 0.15) is 22.9 Å². The van der Waals surface area contributed by atoms with E-state index < -0.39 is 0 Å². The third-order valence-electron chi connectivity index (χ3n) is 10.8. The Labute approximate surface area is 327 Å². The van der Waals surface area contributed by atoms with Crippen LogP contribution in [0.3, 0.4) is 0 Å². The van der Waals surface area contributed by atoms with Gasteiger partial charge in [-0.2, -0.15) is 0 Å². The summed E-state index contributed by atoms with van der Waals surface area (Å²) in [4.78, 5) is 10.5. The maximum absolute atomic E-state index is 6.59. The van der Waals surface area contributed by atoms with E-state index in [-0.39, 0.29) is 6.17 Å². The number of furan rings is 1. The summed E-state index contributed by atoms with van der Waals surface area (Å²) in [6.07, 6.45) is -0.350. The smallest absolute Gasteiger partial charge is 0.159 e. The molecule has 11 rings (SSSR count). The summed E-state index contributed by atoms with van der Waals surface area (Å²) in [5.74, 6) is 1.46. The molecule has 1 aliphatic heterocycles. The number of nitrogens with one attached hydrogen (secondary N) is 1. The summed E-state index contributed by atoms with van der Waals surface area (Å²) in [5, 5.41) is 8.40. The zero-order chi connectivity index (χ0) is 37.0. The molecule has 1 unspecified atom stereocenters. The minimum Gasteiger partial charge on any atom is -0.456 e. The summed E-state index contributed by atoms with van der Waals surface area (Å²) < 4.78 is 9.09. The topological polar surface area (TPSA) is 49.9 Å². The summed E-state index contributed by atoms with van der Waals surface area (Å²) in [6.45, 7) is 0. The van der Waals surface area contributed by atoms with Crippen molar-refractivity contribution in [2.45, 2.75) is 6.17 Å². The van der Waals surface area contributed by atoms with Gasteiger partial charge in [0, 0.05) is 47.6 Å². The fourth-order valence-corrected chi connectivity index (χ4v) is 9.32. The summed E-state index contributed by atoms with van der Waals surface area (Å²) in [5.41, 5.74) is 11.7. The predicted molar refractivity (Wildman–Crippen MR) is 235 cm³/mol. The minimum atomic E-state index is -0.350. The lowest BCUT2D eigenvalue weighted by Crippen LogP contribution is -2.33. The van der Waals surface area contributed by atoms with Gasteiger partial charge in [-0.15, -0.1) is 11.3 Å². The van der Waals surface area contributed by atoms with Crippen LogP contribution in [-0.2, 0) is 0 Å². The predicted octanol–water partition coefficient (Wildman–Crippen LogP) is 13.5. The average molecular weight is 736 g/mol. The minimum absolute atomic E-state index is 0.350. The number of benzene rings is 8. The zero-order valence-electron chi connectivity index (χ0n) is 30.2. The van der Waals surface area contributed by atoms with Crippen LogP contribution < -0.4 is 5.32 Å². The highest BCUT2D eigenvalue weighted by Crippen LogP contribution is 2.41. The molecule has 10 aromatic rings. The Morgan fingerprint density at radius 2 is 0.982 bits per heavy atom. The van der Waals surface area contributed by atoms with Crippen LogP contribution in [0.15, 0.2) is 202 Å². The zero-order valence-corrected chi connectivity index (χ0v) is 31.0. The molecule has 0 saturated carbocycles. The monoisotopic (exact) mass is 735 g/mol. The first-order chi connectivity index (χ1) is 27.7. The molecular formula is C51H33N3OS. The van der Waals surface area contributed by atoms with Crippen LogP contribution in [0.4, 0.5) is 0 Å². The molecule has 0 bridgehead atoms. The van der Waals surface area contributed by atoms with E-state index in [1.165, 1.54) is 42.4 Å². The van der Waals surface area contributed by atoms with Crippen molar-refractivity contribution in [3.8, 4) is 33.4 Å². The molecule has 3 heterocycles. The number of fused-ring (bicyclic) bond motifs is 6. The lowest BCUT2D eigenvalue weighted by Gasteiger charge is -2.24. The van der Waals surface area contributed by atoms with Gasteiger partial charge in [-0.3, -0.25) is 0 Å². The molecule has 0 fully saturated rings. The number of hydrogen-bond acceptors (Lipinski definition) is 5. The lowest BCUT2D eigenvalue weighted by atomic mass is 9.94. The highest BCUT2D eigenvalue weighted by molar-refractivity contribution is 7.26. The van der Waals surface area contributed by atoms with Crippen molar-refractivity contribution < 1.29 is 4.42 Å². The molecule has 1 N–H and O–H groups in total. The first-order valence-corrected chi connectivity index (χ1v) is 19.7. The number of amidine groups is 2. The Kier molecular flexibility index (Phi) is 7.71. The molecule has 1 aliphatic rings. The quantitative estimate of drug-likeness (QED) is 0.185. The summed E-state index contributed by atoms with van der Waals surface area (Å²) >= 11 is 1.82. The SMILES string of the molecule is c1ccc(C2=NC(c3cccc4c3sc3ccccc34)NC(c3cccc4oc5cccc(-c6ccc(-c7ccc(-c8ccccc8)cc7)cc6)c5c34)=N2)cc1. The van der Waals surface area contributed by atoms with Crippen LogP contribution in [0.2, 0.25) is 0 Å². The van der Waals surface area contributed by atoms with Gasteiger partial charge in [-0.1, -0.05) is 170 Å². The second kappa shape index (κ2) is 13.3. The molecule has 0 radical (unpaired) electrons. The van der Waals surface area contributed by atoms with Crippen LogP contribution >= 0.6 is 11.3 Å². The molecule has 0 spiro atoms. The summed E-state index contributed by atoms with van der Waals surface area (Å²) in [6, 6.07) is 66.2. The van der Waals surface area contributed by atoms with Crippen molar-refractivity contribution >= 4 is 65.1 Å². The molecule has 4 nitrogen and oxygen atoms in total. The fourth-order valence-electron chi connectivity index (χ4n) is 8.08. The van der Waals surface area contributed by atoms with Crippen molar-refractivity contribution in [1.82, 2.24) is 5.32 Å². The first kappa shape index (κ1) is 32.4. The largest absolute Gasteiger partial charge is 0.456 e. The Balaban J connectivity index is 1.02. The third kappa shape index (κ3) is 5.52. The number of aliphatic imine (C=N–C) groups is 2. The molecule has 56 heavy (non-hydrogen) atoms. The lowest BCUT2D eigenvalue weighted by molar-refractivity contribution is 0.668. The van der Waals surface area contributed by atoms with Gasteiger partial charge < -0.3 is 9.73 Å². The number of rotatable bonds is 6. The molecular weight excluding hydrogens is 703 g/mol. The van der Waals surface area contributed by atoms with E-state index in [0.717, 1.165) is 55.6 Å². The van der Waals surface area contributed by atoms with E-state index in [9.17, 15) is 0 Å². The van der Waals surface area contributed by atoms with Gasteiger partial charge in [0.25, 0.3) is 0 Å². The van der Waals surface area contributed by atoms with E-state index in [1.807, 2.05) is 29.5 Å². The van der Waals surface area contributed by atoms with Gasteiger partial charge in [0.2, 0.25) is 0 Å². The van der Waals surface area contributed by atoms with Crippen molar-refractivity contribution in [2.75, 3.05) is 0 Å². The molecule has 2 aromatic heterocycles. The normalized spacial score (nSPS) is 14.2. The van der Waals surface area contributed by atoms with Gasteiger partial charge >= 0.3 is 0 Å². The molecule has 264 valence electrons. The van der Waals surface area contributed by atoms with E-state index >= 15 is 0 Å². The number of nitrogens with zero attached hydrogens (tertiary/aromatic N) is 2. The van der Waals surface area contributed by atoms with E-state index in [1.54, 1.807) is 0 Å². The molecule has 8 aromatic carbocycles. The van der Waals surface area contributed by atoms with Gasteiger partial charge in [-0.25, -0.2) is 9.98 Å². The van der Waals surface area contributed by atoms with Crippen LogP contribution in [0.25, 0.3) is 75.5 Å². The highest BCUT2D eigenvalue weighted by atomic mass is 32.1. The summed E-state index contributed by atoms with van der Waals surface area (Å²) in [7, 11) is 0. The Bertz CT molecular complexity index is 3140. The Morgan fingerprint density at radius 1 is 0.446 bits per heavy atom. The maximum Gasteiger partial charge on any atom is 0.159 e. The second-order valence-electron chi connectivity index (χ2n) is 14.1. The molecule has 1 atom stereocenters. The van der Waals surface area contributed by atoms with Crippen molar-refractivity contribution in [3.05, 3.63) is 205 Å². The molecule has 0 saturated heterocycles. The standard InChI is InChI=1S/C51H33N3OS/c1-3-12-32(13-4-1)33-24-26-34(27-25-33)35-28-30-36(31-29-35)38-17-10-21-43-46(38)47-41(19-11-22-44(47)55-43)50-52-49(37-14-5-2-6-15-37)53-51(54-50)42-20-9-18-40-39-16-7-8-23-45(39)56-48(40)42/h1-31,51H,(H,52,53,54). The Hall–Kier alpha value is -7.08. The third-order valence-corrected chi connectivity index (χ3v) is 12.0. The Morgan fingerprint density at radius 3 is 1.68 bits per heavy atom. The van der Waals surface area contributed by atoms with Gasteiger partial charge in [0.05, 0.1) is 0 Å². The van der Waals surface area contributed by atoms with Gasteiger partial charge in [0.1, 0.15) is 23.2 Å². The number of hydrogen-bond donors (Lipinski definition) is 1. The van der Waals surface area contributed by atoms with Gasteiger partial charge in [0.15, 0.2) is 5.84 Å². The van der Waals surface area contributed by atoms with Crippen LogP contribution in [0, 0.1) is 0 Å². The molecule has 0 amide bonds. The first-order valence-electron chi connectivity index (χ1n) is 18.8. The van der Waals surface area contributed by atoms with Gasteiger partial charge in [-0.05, 0) is 51.6 Å². The van der Waals surface area contributed by atoms with E-state index in [4.69, 9.17) is 14.4 Å². The second-order valence-corrected chi connectivity index (χ2v) is 15.2. The maximum atomic E-state index is 6.59. The van der Waals surface area contributed by atoms with Crippen LogP contribution in [0.5, 0.6) is 0 Å². The highest BCUT2D eigenvalue weighted by Gasteiger charge is 2.26. The van der Waals surface area contributed by atoms with Crippen molar-refractivity contribution in [2.24, 2.45) is 9.98 Å². The molecule has 0 aliphatic carbocycles. The van der Waals surface area contributed by atoms with E-state index in [0.29, 0.717) is 5.84 Å². The van der Waals surface area contributed by atoms with Crippen LogP contribution in [-0.4, -0.2) is 11.7 Å². The van der Waals surface area contributed by atoms with E-state index in [2.05, 4.69) is 175 Å². The average Bonchev–Trinajstić information content (AvgIpc) is 3.86. The fraction of sp³-hybridized carbons (Fsp3) is 0.0196. The number of thiophene rings is 1. The van der Waals surface area contributed by atoms with Crippen molar-refractivity contribution in [3.63, 3.8) is 0 Å². The van der Waals surface area contributed by atoms with Crippen molar-refractivity contribution in [1.29, 1.82) is 0 Å².